The number of carbonyl (C=O) groups excluding carboxylic acids is 4. The predicted molar refractivity (Wildman–Crippen MR) is 138 cm³/mol. The molecule has 4 amide bonds. The highest BCUT2D eigenvalue weighted by atomic mass is 32.2. The van der Waals surface area contributed by atoms with E-state index in [9.17, 15) is 19.2 Å². The summed E-state index contributed by atoms with van der Waals surface area (Å²) >= 11 is 1.45. The highest BCUT2D eigenvalue weighted by molar-refractivity contribution is 7.98. The molecule has 4 rings (SSSR count). The van der Waals surface area contributed by atoms with E-state index in [0.29, 0.717) is 37.5 Å². The first kappa shape index (κ1) is 26.8. The summed E-state index contributed by atoms with van der Waals surface area (Å²) in [5.41, 5.74) is -1.63. The van der Waals surface area contributed by atoms with E-state index >= 15 is 0 Å². The molecule has 9 nitrogen and oxygen atoms in total. The molecule has 2 aliphatic carbocycles. The summed E-state index contributed by atoms with van der Waals surface area (Å²) in [7, 11) is 0. The Balaban J connectivity index is 1.50. The molecule has 0 radical (unpaired) electrons. The van der Waals surface area contributed by atoms with Gasteiger partial charge in [-0.05, 0) is 84.1 Å². The van der Waals surface area contributed by atoms with E-state index in [1.165, 1.54) is 11.9 Å². The van der Waals surface area contributed by atoms with Gasteiger partial charge in [0, 0.05) is 17.7 Å². The summed E-state index contributed by atoms with van der Waals surface area (Å²) < 4.78 is 8.36. The molecule has 3 fully saturated rings. The van der Waals surface area contributed by atoms with Crippen molar-refractivity contribution in [1.82, 2.24) is 20.3 Å². The molecule has 36 heavy (non-hydrogen) atoms. The van der Waals surface area contributed by atoms with Crippen LogP contribution in [0, 0.1) is 5.92 Å². The summed E-state index contributed by atoms with van der Waals surface area (Å²) in [6.45, 7) is 5.78. The molecule has 0 aromatic rings. The van der Waals surface area contributed by atoms with Gasteiger partial charge < -0.3 is 20.3 Å². The first-order valence-electron chi connectivity index (χ1n) is 13.3. The van der Waals surface area contributed by atoms with E-state index in [1.807, 2.05) is 0 Å². The van der Waals surface area contributed by atoms with Gasteiger partial charge in [0.15, 0.2) is 0 Å². The molecule has 0 aromatic carbocycles. The summed E-state index contributed by atoms with van der Waals surface area (Å²) in [4.78, 5) is 54.3. The molecular formula is C26H40N4O5S. The molecule has 2 unspecified atom stereocenters. The van der Waals surface area contributed by atoms with Crippen molar-refractivity contribution in [3.8, 4) is 0 Å². The molecule has 2 aliphatic heterocycles. The molecule has 2 saturated carbocycles. The monoisotopic (exact) mass is 520 g/mol. The molecule has 0 aromatic heterocycles. The van der Waals surface area contributed by atoms with E-state index in [4.69, 9.17) is 4.74 Å². The minimum Gasteiger partial charge on any atom is -0.444 e. The third-order valence-electron chi connectivity index (χ3n) is 7.17. The Morgan fingerprint density at radius 1 is 1.11 bits per heavy atom. The average Bonchev–Trinajstić information content (AvgIpc) is 3.70. The lowest BCUT2D eigenvalue weighted by Crippen LogP contribution is -2.57. The van der Waals surface area contributed by atoms with E-state index in [2.05, 4.69) is 27.5 Å². The number of carbonyl (C=O) groups is 4. The van der Waals surface area contributed by atoms with Crippen molar-refractivity contribution in [2.45, 2.75) is 113 Å². The second kappa shape index (κ2) is 11.0. The van der Waals surface area contributed by atoms with Crippen LogP contribution < -0.4 is 15.4 Å². The molecule has 0 spiro atoms. The summed E-state index contributed by atoms with van der Waals surface area (Å²) in [5.74, 6) is -0.763. The van der Waals surface area contributed by atoms with Crippen molar-refractivity contribution in [1.29, 1.82) is 0 Å². The Hall–Kier alpha value is -2.23. The molecule has 2 heterocycles. The summed E-state index contributed by atoms with van der Waals surface area (Å²) in [5, 5.41) is 6.26. The van der Waals surface area contributed by atoms with Crippen LogP contribution in [0.4, 0.5) is 4.79 Å². The molecule has 1 saturated heterocycles. The molecular weight excluding hydrogens is 480 g/mol. The second-order valence-electron chi connectivity index (χ2n) is 11.5. The third-order valence-corrected chi connectivity index (χ3v) is 8.28. The number of hydrogen-bond donors (Lipinski definition) is 3. The van der Waals surface area contributed by atoms with Gasteiger partial charge in [0.05, 0.1) is 0 Å². The first-order chi connectivity index (χ1) is 17.1. The maximum atomic E-state index is 13.6. The molecule has 10 heteroatoms. The lowest BCUT2D eigenvalue weighted by Gasteiger charge is -2.30. The van der Waals surface area contributed by atoms with Crippen molar-refractivity contribution in [2.24, 2.45) is 5.92 Å². The zero-order valence-corrected chi connectivity index (χ0v) is 22.5. The number of nitrogens with zero attached hydrogens (tertiary/aromatic N) is 1. The van der Waals surface area contributed by atoms with Crippen LogP contribution >= 0.6 is 11.9 Å². The fourth-order valence-corrected chi connectivity index (χ4v) is 5.78. The van der Waals surface area contributed by atoms with Gasteiger partial charge in [-0.15, -0.1) is 0 Å². The number of allylic oxidation sites excluding steroid dienone is 1. The van der Waals surface area contributed by atoms with Gasteiger partial charge in [-0.2, -0.15) is 0 Å². The number of ether oxygens (including phenoxy) is 1. The van der Waals surface area contributed by atoms with Crippen molar-refractivity contribution in [3.63, 3.8) is 0 Å². The number of rotatable bonds is 4. The van der Waals surface area contributed by atoms with Crippen LogP contribution in [0.25, 0.3) is 0 Å². The number of amides is 4. The highest BCUT2D eigenvalue weighted by Gasteiger charge is 2.61. The van der Waals surface area contributed by atoms with Gasteiger partial charge >= 0.3 is 6.09 Å². The fourth-order valence-electron chi connectivity index (χ4n) is 4.96. The normalized spacial score (nSPS) is 32.2. The topological polar surface area (TPSA) is 117 Å². The molecule has 4 aliphatic rings. The van der Waals surface area contributed by atoms with Crippen molar-refractivity contribution in [3.05, 3.63) is 12.2 Å². The molecule has 200 valence electrons. The van der Waals surface area contributed by atoms with Crippen molar-refractivity contribution >= 4 is 35.8 Å². The number of fused-ring (bicyclic) bond motifs is 2. The van der Waals surface area contributed by atoms with Crippen LogP contribution in [-0.4, -0.2) is 63.7 Å². The van der Waals surface area contributed by atoms with Crippen LogP contribution in [0.5, 0.6) is 0 Å². The van der Waals surface area contributed by atoms with E-state index in [0.717, 1.165) is 38.5 Å². The van der Waals surface area contributed by atoms with Crippen LogP contribution in [0.1, 0.15) is 85.0 Å². The predicted octanol–water partition coefficient (Wildman–Crippen LogP) is 3.19. The fraction of sp³-hybridized carbons (Fsp3) is 0.769. The second-order valence-corrected chi connectivity index (χ2v) is 12.6. The molecule has 3 N–H and O–H groups in total. The summed E-state index contributed by atoms with van der Waals surface area (Å²) in [6.07, 6.45) is 11.5. The van der Waals surface area contributed by atoms with Crippen LogP contribution in [0.3, 0.4) is 0 Å². The zero-order chi connectivity index (χ0) is 25.9. The Morgan fingerprint density at radius 2 is 1.89 bits per heavy atom. The number of hydrogen-bond acceptors (Lipinski definition) is 6. The van der Waals surface area contributed by atoms with E-state index < -0.39 is 29.3 Å². The minimum absolute atomic E-state index is 0.0430. The highest BCUT2D eigenvalue weighted by Crippen LogP contribution is 2.46. The molecule has 4 atom stereocenters. The van der Waals surface area contributed by atoms with E-state index in [-0.39, 0.29) is 23.6 Å². The molecule has 0 bridgehead atoms. The van der Waals surface area contributed by atoms with Crippen LogP contribution in [0.15, 0.2) is 12.2 Å². The maximum Gasteiger partial charge on any atom is 0.408 e. The van der Waals surface area contributed by atoms with Crippen LogP contribution in [0.2, 0.25) is 0 Å². The SMILES string of the molecule is CC(C)(C)OC(=O)N[C@H]1CCCCC/C=C\C2C[C@@]2(C(=O)NSC2CC2)NC(=O)C2CCCN2C1=O. The van der Waals surface area contributed by atoms with E-state index in [1.54, 1.807) is 25.7 Å². The standard InChI is InChI=1S/C26H40N4O5S/c1-25(2,3)35-24(34)27-19-11-8-6-4-5-7-10-17-16-26(17,23(33)29-36-18-13-14-18)28-21(31)20-12-9-15-30(20)22(19)32/h7,10,17-20H,4-6,8-9,11-16H2,1-3H3,(H,27,34)(H,28,31)(H,29,33)/b10-7-/t17?,19-,20?,26+/m0/s1. The van der Waals surface area contributed by atoms with Gasteiger partial charge in [0.2, 0.25) is 11.8 Å². The Morgan fingerprint density at radius 3 is 2.61 bits per heavy atom. The minimum atomic E-state index is -0.957. The quantitative estimate of drug-likeness (QED) is 0.387. The van der Waals surface area contributed by atoms with Gasteiger partial charge in [0.25, 0.3) is 5.91 Å². The zero-order valence-electron chi connectivity index (χ0n) is 21.6. The third kappa shape index (κ3) is 6.75. The Bertz CT molecular complexity index is 899. The van der Waals surface area contributed by atoms with Crippen LogP contribution in [-0.2, 0) is 19.1 Å². The van der Waals surface area contributed by atoms with Gasteiger partial charge in [-0.1, -0.05) is 25.0 Å². The average molecular weight is 521 g/mol. The van der Waals surface area contributed by atoms with Gasteiger partial charge in [-0.25, -0.2) is 4.79 Å². The lowest BCUT2D eigenvalue weighted by molar-refractivity contribution is -0.141. The van der Waals surface area contributed by atoms with Crippen molar-refractivity contribution < 1.29 is 23.9 Å². The number of alkyl carbamates (subject to hydrolysis) is 1. The maximum absolute atomic E-state index is 13.6. The van der Waals surface area contributed by atoms with Gasteiger partial charge in [-0.3, -0.25) is 19.1 Å². The Labute approximate surface area is 218 Å². The largest absolute Gasteiger partial charge is 0.444 e. The first-order valence-corrected chi connectivity index (χ1v) is 14.2. The van der Waals surface area contributed by atoms with Crippen molar-refractivity contribution in [2.75, 3.05) is 6.54 Å². The smallest absolute Gasteiger partial charge is 0.408 e. The Kier molecular flexibility index (Phi) is 8.22. The number of nitrogens with one attached hydrogen (secondary N) is 3. The lowest BCUT2D eigenvalue weighted by atomic mass is 10.0. The summed E-state index contributed by atoms with van der Waals surface area (Å²) in [6, 6.07) is -1.41. The van der Waals surface area contributed by atoms with Gasteiger partial charge in [0.1, 0.15) is 23.2 Å².